The first-order valence-corrected chi connectivity index (χ1v) is 30.0. The van der Waals surface area contributed by atoms with E-state index in [1.54, 1.807) is 0 Å². The highest BCUT2D eigenvalue weighted by atomic mass is 16.6. The van der Waals surface area contributed by atoms with Gasteiger partial charge < -0.3 is 14.2 Å². The quantitative estimate of drug-likeness (QED) is 0.0343. The van der Waals surface area contributed by atoms with Crippen molar-refractivity contribution < 1.29 is 28.6 Å². The first kappa shape index (κ1) is 64.4. The molecule has 0 saturated carbocycles. The standard InChI is InChI=1S/C60H116O6/c1-4-7-10-13-15-17-19-21-23-25-27-29-31-32-34-36-38-40-42-44-47-50-53-59(62)65-56-57(55-64-58(61)52-49-46-12-9-6-3)66-60(63)54-51-48-45-43-41-39-37-35-33-30-28-26-24-22-20-18-16-14-11-8-5-2/h57H,4-56H2,1-3H3. The van der Waals surface area contributed by atoms with Crippen molar-refractivity contribution in [3.8, 4) is 0 Å². The average Bonchev–Trinajstić information content (AvgIpc) is 3.31. The molecule has 0 bridgehead atoms. The Labute approximate surface area is 412 Å². The summed E-state index contributed by atoms with van der Waals surface area (Å²) in [5.41, 5.74) is 0. The molecular formula is C60H116O6. The van der Waals surface area contributed by atoms with Crippen LogP contribution >= 0.6 is 0 Å². The molecule has 0 aliphatic heterocycles. The lowest BCUT2D eigenvalue weighted by atomic mass is 10.0. The molecule has 0 aromatic carbocycles. The molecule has 392 valence electrons. The molecule has 0 rings (SSSR count). The van der Waals surface area contributed by atoms with Gasteiger partial charge in [-0.3, -0.25) is 14.4 Å². The summed E-state index contributed by atoms with van der Waals surface area (Å²) in [6.45, 7) is 6.63. The number of esters is 3. The first-order chi connectivity index (χ1) is 32.5. The molecule has 0 aliphatic rings. The lowest BCUT2D eigenvalue weighted by molar-refractivity contribution is -0.167. The second kappa shape index (κ2) is 56.0. The Balaban J connectivity index is 4.00. The molecule has 0 heterocycles. The lowest BCUT2D eigenvalue weighted by Gasteiger charge is -2.18. The van der Waals surface area contributed by atoms with Crippen molar-refractivity contribution in [2.75, 3.05) is 13.2 Å². The van der Waals surface area contributed by atoms with Gasteiger partial charge in [0.15, 0.2) is 6.10 Å². The zero-order chi connectivity index (χ0) is 47.9. The summed E-state index contributed by atoms with van der Waals surface area (Å²) in [5, 5.41) is 0. The van der Waals surface area contributed by atoms with Crippen LogP contribution in [0.4, 0.5) is 0 Å². The topological polar surface area (TPSA) is 78.9 Å². The van der Waals surface area contributed by atoms with E-state index in [0.29, 0.717) is 19.3 Å². The van der Waals surface area contributed by atoms with E-state index in [4.69, 9.17) is 14.2 Å². The zero-order valence-corrected chi connectivity index (χ0v) is 45.0. The smallest absolute Gasteiger partial charge is 0.306 e. The first-order valence-electron chi connectivity index (χ1n) is 30.0. The second-order valence-corrected chi connectivity index (χ2v) is 20.6. The van der Waals surface area contributed by atoms with Gasteiger partial charge in [0.25, 0.3) is 0 Å². The maximum atomic E-state index is 12.8. The van der Waals surface area contributed by atoms with E-state index >= 15 is 0 Å². The summed E-state index contributed by atoms with van der Waals surface area (Å²) in [5.74, 6) is -0.849. The van der Waals surface area contributed by atoms with Crippen LogP contribution in [0.1, 0.15) is 348 Å². The van der Waals surface area contributed by atoms with E-state index < -0.39 is 6.10 Å². The number of unbranched alkanes of at least 4 members (excludes halogenated alkanes) is 45. The van der Waals surface area contributed by atoms with Crippen LogP contribution in [0.5, 0.6) is 0 Å². The highest BCUT2D eigenvalue weighted by molar-refractivity contribution is 5.71. The van der Waals surface area contributed by atoms with E-state index in [9.17, 15) is 14.4 Å². The van der Waals surface area contributed by atoms with Crippen LogP contribution < -0.4 is 0 Å². The monoisotopic (exact) mass is 933 g/mol. The van der Waals surface area contributed by atoms with E-state index in [1.165, 1.54) is 244 Å². The molecule has 0 amide bonds. The van der Waals surface area contributed by atoms with Gasteiger partial charge in [0.1, 0.15) is 13.2 Å². The van der Waals surface area contributed by atoms with Gasteiger partial charge in [0.05, 0.1) is 0 Å². The summed E-state index contributed by atoms with van der Waals surface area (Å²) in [6.07, 6.45) is 63.0. The Morgan fingerprint density at radius 2 is 0.409 bits per heavy atom. The predicted octanol–water partition coefficient (Wildman–Crippen LogP) is 19.9. The van der Waals surface area contributed by atoms with Gasteiger partial charge in [0.2, 0.25) is 0 Å². The van der Waals surface area contributed by atoms with Crippen molar-refractivity contribution in [3.63, 3.8) is 0 Å². The van der Waals surface area contributed by atoms with E-state index in [1.807, 2.05) is 0 Å². The van der Waals surface area contributed by atoms with Crippen molar-refractivity contribution in [2.24, 2.45) is 0 Å². The lowest BCUT2D eigenvalue weighted by Crippen LogP contribution is -2.30. The average molecular weight is 934 g/mol. The molecule has 0 spiro atoms. The van der Waals surface area contributed by atoms with Crippen LogP contribution in [0, 0.1) is 0 Å². The molecule has 66 heavy (non-hydrogen) atoms. The number of carbonyl (C=O) groups excluding carboxylic acids is 3. The Hall–Kier alpha value is -1.59. The minimum absolute atomic E-state index is 0.0625. The Morgan fingerprint density at radius 1 is 0.242 bits per heavy atom. The van der Waals surface area contributed by atoms with Gasteiger partial charge >= 0.3 is 17.9 Å². The van der Waals surface area contributed by atoms with Gasteiger partial charge in [-0.05, 0) is 19.3 Å². The third kappa shape index (κ3) is 53.4. The molecule has 0 radical (unpaired) electrons. The number of hydrogen-bond acceptors (Lipinski definition) is 6. The zero-order valence-electron chi connectivity index (χ0n) is 45.0. The van der Waals surface area contributed by atoms with Gasteiger partial charge in [-0.2, -0.15) is 0 Å². The van der Waals surface area contributed by atoms with Gasteiger partial charge in [-0.25, -0.2) is 0 Å². The van der Waals surface area contributed by atoms with Gasteiger partial charge in [0, 0.05) is 19.3 Å². The number of carbonyl (C=O) groups is 3. The summed E-state index contributed by atoms with van der Waals surface area (Å²) in [7, 11) is 0. The fraction of sp³-hybridized carbons (Fsp3) is 0.950. The third-order valence-electron chi connectivity index (χ3n) is 13.9. The molecule has 0 N–H and O–H groups in total. The van der Waals surface area contributed by atoms with Crippen LogP contribution in [0.3, 0.4) is 0 Å². The van der Waals surface area contributed by atoms with Crippen LogP contribution in [-0.2, 0) is 28.6 Å². The van der Waals surface area contributed by atoms with Crippen molar-refractivity contribution in [3.05, 3.63) is 0 Å². The Bertz CT molecular complexity index is 982. The largest absolute Gasteiger partial charge is 0.462 e. The summed E-state index contributed by atoms with van der Waals surface area (Å²) < 4.78 is 16.8. The summed E-state index contributed by atoms with van der Waals surface area (Å²) >= 11 is 0. The molecule has 0 aromatic rings. The van der Waals surface area contributed by atoms with Crippen molar-refractivity contribution in [2.45, 2.75) is 354 Å². The predicted molar refractivity (Wildman–Crippen MR) is 284 cm³/mol. The normalized spacial score (nSPS) is 11.9. The maximum Gasteiger partial charge on any atom is 0.306 e. The fourth-order valence-corrected chi connectivity index (χ4v) is 9.33. The van der Waals surface area contributed by atoms with Crippen LogP contribution in [-0.4, -0.2) is 37.2 Å². The molecule has 6 heteroatoms. The fourth-order valence-electron chi connectivity index (χ4n) is 9.33. The number of hydrogen-bond donors (Lipinski definition) is 0. The van der Waals surface area contributed by atoms with Gasteiger partial charge in [-0.15, -0.1) is 0 Å². The molecule has 1 unspecified atom stereocenters. The highest BCUT2D eigenvalue weighted by Gasteiger charge is 2.19. The van der Waals surface area contributed by atoms with E-state index in [2.05, 4.69) is 20.8 Å². The van der Waals surface area contributed by atoms with Crippen LogP contribution in [0.15, 0.2) is 0 Å². The summed E-state index contributed by atoms with van der Waals surface area (Å²) in [4.78, 5) is 37.8. The third-order valence-corrected chi connectivity index (χ3v) is 13.9. The SMILES string of the molecule is CCCCCCCCCCCCCCCCCCCCCCCCC(=O)OCC(COC(=O)CCCCCCC)OC(=O)CCCCCCCCCCCCCCCCCCCCCCC. The van der Waals surface area contributed by atoms with E-state index in [-0.39, 0.29) is 31.1 Å². The molecule has 0 aromatic heterocycles. The van der Waals surface area contributed by atoms with Crippen molar-refractivity contribution in [1.29, 1.82) is 0 Å². The maximum absolute atomic E-state index is 12.8. The Morgan fingerprint density at radius 3 is 0.606 bits per heavy atom. The molecule has 0 saturated heterocycles. The summed E-state index contributed by atoms with van der Waals surface area (Å²) in [6, 6.07) is 0. The second-order valence-electron chi connectivity index (χ2n) is 20.6. The molecule has 0 fully saturated rings. The van der Waals surface area contributed by atoms with Crippen molar-refractivity contribution >= 4 is 17.9 Å². The van der Waals surface area contributed by atoms with Gasteiger partial charge in [-0.1, -0.05) is 310 Å². The molecule has 6 nitrogen and oxygen atoms in total. The minimum atomic E-state index is -0.759. The molecule has 0 aliphatic carbocycles. The van der Waals surface area contributed by atoms with Crippen LogP contribution in [0.25, 0.3) is 0 Å². The van der Waals surface area contributed by atoms with Crippen molar-refractivity contribution in [1.82, 2.24) is 0 Å². The molecule has 1 atom stereocenters. The Kier molecular flexibility index (Phi) is 54.7. The highest BCUT2D eigenvalue weighted by Crippen LogP contribution is 2.18. The minimum Gasteiger partial charge on any atom is -0.462 e. The van der Waals surface area contributed by atoms with Crippen LogP contribution in [0.2, 0.25) is 0 Å². The van der Waals surface area contributed by atoms with E-state index in [0.717, 1.165) is 64.2 Å². The number of rotatable bonds is 56. The number of ether oxygens (including phenoxy) is 3. The molecular weight excluding hydrogens is 817 g/mol.